The van der Waals surface area contributed by atoms with Gasteiger partial charge in [-0.15, -0.1) is 70.6 Å². The highest BCUT2D eigenvalue weighted by Gasteiger charge is 2.42. The molecule has 10 N–H and O–H groups in total. The number of nitrogens with zero attached hydrogens (tertiary/aromatic N) is 9. The summed E-state index contributed by atoms with van der Waals surface area (Å²) in [5.41, 5.74) is 0.505. The highest BCUT2D eigenvalue weighted by molar-refractivity contribution is 8.01. The van der Waals surface area contributed by atoms with Gasteiger partial charge in [0, 0.05) is 138 Å². The van der Waals surface area contributed by atoms with Gasteiger partial charge in [0.1, 0.15) is 12.7 Å². The predicted molar refractivity (Wildman–Crippen MR) is 484 cm³/mol. The van der Waals surface area contributed by atoms with E-state index in [1.54, 1.807) is 88.2 Å². The zero-order chi connectivity index (χ0) is 90.9. The summed E-state index contributed by atoms with van der Waals surface area (Å²) in [6.07, 6.45) is 14.9. The Bertz CT molecular complexity index is 5060. The first-order valence-corrected chi connectivity index (χ1v) is 49.6. The normalized spacial score (nSPS) is 25.9. The van der Waals surface area contributed by atoms with E-state index in [-0.39, 0.29) is 114 Å². The summed E-state index contributed by atoms with van der Waals surface area (Å²) in [6, 6.07) is 0.612. The monoisotopic (exact) mass is 1900 g/mol. The van der Waals surface area contributed by atoms with Gasteiger partial charge in [0.2, 0.25) is 6.54 Å². The van der Waals surface area contributed by atoms with Crippen LogP contribution in [-0.4, -0.2) is 230 Å². The van der Waals surface area contributed by atoms with Gasteiger partial charge in [0.05, 0.1) is 118 Å². The van der Waals surface area contributed by atoms with Gasteiger partial charge >= 0.3 is 29.4 Å². The van der Waals surface area contributed by atoms with Crippen LogP contribution in [0.15, 0.2) is 75.5 Å². The highest BCUT2D eigenvalue weighted by Crippen LogP contribution is 2.51. The Morgan fingerprint density at radius 1 is 0.516 bits per heavy atom. The van der Waals surface area contributed by atoms with Crippen LogP contribution in [0.2, 0.25) is 0 Å². The number of rotatable bonds is 24. The molecule has 12 heterocycles. The highest BCUT2D eigenvalue weighted by atomic mass is 32.2. The number of hydrogen-bond donors (Lipinski definition) is 10. The Hall–Kier alpha value is -6.00. The first-order chi connectivity index (χ1) is 57.7. The smallest absolute Gasteiger partial charge is 0.329 e. The fourth-order valence-corrected chi connectivity index (χ4v) is 24.1. The van der Waals surface area contributed by atoms with Crippen LogP contribution in [0.5, 0.6) is 12.0 Å². The Balaban J connectivity index is 0.000000227. The van der Waals surface area contributed by atoms with Crippen LogP contribution in [0.1, 0.15) is 179 Å². The molecular weight excluding hydrogens is 1780 g/mol. The lowest BCUT2D eigenvalue weighted by Crippen LogP contribution is -2.32. The zero-order valence-electron chi connectivity index (χ0n) is 70.9. The Morgan fingerprint density at radius 3 is 1.20 bits per heavy atom. The average Bonchev–Trinajstić information content (AvgIpc) is 1.54. The first-order valence-electron chi connectivity index (χ1n) is 39.7. The molecule has 0 bridgehead atoms. The third kappa shape index (κ3) is 29.8. The summed E-state index contributed by atoms with van der Waals surface area (Å²) in [7, 11) is -4.63. The van der Waals surface area contributed by atoms with Crippen molar-refractivity contribution in [1.29, 1.82) is 0 Å². The van der Waals surface area contributed by atoms with Crippen molar-refractivity contribution in [2.24, 2.45) is 0 Å². The largest absolute Gasteiger partial charge is 0.465 e. The molecule has 0 radical (unpaired) electrons. The molecule has 0 aliphatic carbocycles. The van der Waals surface area contributed by atoms with Crippen molar-refractivity contribution >= 4 is 119 Å². The summed E-state index contributed by atoms with van der Waals surface area (Å²) in [4.78, 5) is 125. The number of hydrogen-bond acceptors (Lipinski definition) is 33. The summed E-state index contributed by atoms with van der Waals surface area (Å²) in [5, 5.41) is 57.2. The molecule has 36 nitrogen and oxygen atoms in total. The van der Waals surface area contributed by atoms with Crippen LogP contribution in [0.25, 0.3) is 4.85 Å². The maximum atomic E-state index is 12.0. The molecule has 6 fully saturated rings. The molecule has 0 saturated carbocycles. The minimum atomic E-state index is -3.64. The molecule has 6 aromatic heterocycles. The van der Waals surface area contributed by atoms with Crippen molar-refractivity contribution in [2.45, 2.75) is 255 Å². The first kappa shape index (κ1) is 105. The molecule has 0 amide bonds. The van der Waals surface area contributed by atoms with E-state index in [0.29, 0.717) is 113 Å². The van der Waals surface area contributed by atoms with Crippen molar-refractivity contribution in [1.82, 2.24) is 57.3 Å². The van der Waals surface area contributed by atoms with E-state index in [0.717, 1.165) is 31.9 Å². The number of nitrogens with one attached hydrogen (secondary N) is 4. The zero-order valence-corrected chi connectivity index (χ0v) is 79.2. The molecule has 0 spiro atoms. The quantitative estimate of drug-likeness (QED) is 0.00687. The molecule has 6 aliphatic heterocycles. The maximum Gasteiger partial charge on any atom is 0.329 e. The van der Waals surface area contributed by atoms with Crippen molar-refractivity contribution in [2.75, 3.05) is 59.1 Å². The number of aliphatic hydroxyl groups is 6. The summed E-state index contributed by atoms with van der Waals surface area (Å²) in [6.45, 7) is 35.4. The number of carbonyl (C=O) groups is 1. The van der Waals surface area contributed by atoms with Gasteiger partial charge in [-0.05, 0) is 99.1 Å². The number of thioether (sulfide) groups is 6. The van der Waals surface area contributed by atoms with E-state index in [2.05, 4.69) is 55.5 Å². The molecule has 680 valence electrons. The number of aromatic amines is 4. The second-order valence-electron chi connectivity index (χ2n) is 28.6. The Kier molecular flexibility index (Phi) is 42.9. The molecule has 12 rings (SSSR count). The van der Waals surface area contributed by atoms with Crippen LogP contribution in [-0.2, 0) is 32.9 Å². The minimum Gasteiger partial charge on any atom is -0.465 e. The lowest BCUT2D eigenvalue weighted by atomic mass is 10.1. The topological polar surface area (TPSA) is 487 Å². The molecule has 46 heteroatoms. The van der Waals surface area contributed by atoms with E-state index in [9.17, 15) is 77.1 Å². The average molecular weight is 1900 g/mol. The van der Waals surface area contributed by atoms with Gasteiger partial charge in [-0.3, -0.25) is 75.9 Å². The van der Waals surface area contributed by atoms with Crippen molar-refractivity contribution < 1.29 is 71.3 Å². The van der Waals surface area contributed by atoms with E-state index in [1.165, 1.54) is 63.7 Å². The number of H-pyrrole nitrogens is 4. The molecule has 122 heavy (non-hydrogen) atoms. The summed E-state index contributed by atoms with van der Waals surface area (Å²) < 4.78 is 66.0. The standard InChI is InChI=1S/C15H22N3O3PS2.C13H18N2O7S2.C13H20N2O3S.C12H18N2O4S.C11H16N2O2S2.C10H14N2O4S.C2H6/c1-5-12-11(21-22(4)20-7-6-16-3)8-13(24-12)18-9-10(2)14(19)17-15(18)23;1-7-5-15(13(18)14-12(7)17)11-4-9(22-8(2)16)10(23-11)6-21-24(3,19)20;1-4-10-9(16)6-11(19-10)15-7-8(3)12(17)14-13(15)18-5-2;1-3-18-12-13-11(17)7(2)5-14(12)10-4-8(16)9(6-15)19-10;1-3-8-7(14)4-9(17-8)13-5-6(2)10(15)12-11(13)16;1-5-3-12(10(16)11-9(5)15)8-2-6(14)7(4-13)17-8;1-2/h9,11-13H,5-8H2,1-2,4H3,(H,17,19,23);5,9-11H,4,6H2,1-3H3,(H,14,17,18);7,9-11,16H,4-6H2,1-3H3;5,8-10,15-16H,3-4,6H2,1-2H3;5,7-9,14H,3-4H2,1-2H3,(H,12,15,16);3,6-8,13-14H,2,4H2,1H3,(H,11,15,16);1-2H3/t11?,12-,13-,22?;2*9?,10-,11-;8?,9-,10-;7?,8-,9-;6?,7-,8-;/m111111./s1. The van der Waals surface area contributed by atoms with Crippen molar-refractivity contribution in [3.05, 3.63) is 175 Å². The fourth-order valence-electron chi connectivity index (χ4n) is 13.1. The van der Waals surface area contributed by atoms with Crippen LogP contribution in [0, 0.1) is 57.7 Å². The number of aliphatic hydroxyl groups excluding tert-OH is 6. The number of esters is 1. The second-order valence-corrected chi connectivity index (χ2v) is 40.9. The van der Waals surface area contributed by atoms with E-state index >= 15 is 0 Å². The summed E-state index contributed by atoms with van der Waals surface area (Å²) >= 11 is 19.8. The third-order valence-electron chi connectivity index (χ3n) is 19.4. The molecule has 19 atom stereocenters. The van der Waals surface area contributed by atoms with E-state index in [4.69, 9.17) is 63.6 Å². The fraction of sp³-hybridized carbons (Fsp3) is 0.658. The number of aromatic nitrogens is 12. The summed E-state index contributed by atoms with van der Waals surface area (Å²) in [5.74, 6) is -0.504. The molecule has 6 aliphatic rings. The van der Waals surface area contributed by atoms with Gasteiger partial charge in [-0.25, -0.2) is 16.2 Å². The molecular formula is C76H114N13O23PS9. The maximum absolute atomic E-state index is 12.0. The number of aryl methyl sites for hydroxylation is 6. The Labute approximate surface area is 743 Å². The van der Waals surface area contributed by atoms with Crippen LogP contribution < -0.4 is 54.2 Å². The van der Waals surface area contributed by atoms with Gasteiger partial charge in [-0.1, -0.05) is 34.6 Å². The van der Waals surface area contributed by atoms with Crippen molar-refractivity contribution in [3.63, 3.8) is 0 Å². The minimum absolute atomic E-state index is 0.0705. The second kappa shape index (κ2) is 49.9. The molecule has 6 aromatic rings. The molecule has 6 saturated heterocycles. The van der Waals surface area contributed by atoms with Crippen LogP contribution in [0.3, 0.4) is 0 Å². The lowest BCUT2D eigenvalue weighted by molar-refractivity contribution is -0.146. The van der Waals surface area contributed by atoms with Gasteiger partial charge in [0.25, 0.3) is 43.5 Å². The number of carbonyl (C=O) groups excluding carboxylic acids is 1. The lowest BCUT2D eigenvalue weighted by Gasteiger charge is -2.21. The third-order valence-corrected chi connectivity index (χ3v) is 31.5. The predicted octanol–water partition coefficient (Wildman–Crippen LogP) is 7.90. The van der Waals surface area contributed by atoms with Gasteiger partial charge in [-0.2, -0.15) is 18.4 Å². The molecule has 7 unspecified atom stereocenters. The van der Waals surface area contributed by atoms with Crippen LogP contribution >= 0.6 is 103 Å². The van der Waals surface area contributed by atoms with Crippen LogP contribution in [0.4, 0.5) is 0 Å². The van der Waals surface area contributed by atoms with Crippen molar-refractivity contribution in [3.8, 4) is 12.0 Å². The van der Waals surface area contributed by atoms with E-state index in [1.807, 2.05) is 66.0 Å². The molecule has 0 aromatic carbocycles. The van der Waals surface area contributed by atoms with Gasteiger partial charge < -0.3 is 67.9 Å². The SMILES string of the molecule is CC.CC(=O)OC1C[C@H](n2cc(C)c(=O)[nH]c2=O)S[C@@H]1COS(C)(=O)=O.CCOc1nc(=O)c(C)cn1[C@H]1CC(O)[C@@H](CC)S1.CCOc1nc(=O)c(C)cn1[C@H]1CC(O)[C@@H](CO)S1.CC[C@H]1S[C@@H](n2cc(C)c(=O)[nH]c2=S)CC1O.Cc1cn([C@H]2CC(O)[C@@H](CO)S2)c(=O)[nH]c1=O.[C-]#[N+]CCOP(C)OC1C[C@H](n2cc(C)c(=O)[nH]c2=S)S[C@@H]1CC. The van der Waals surface area contributed by atoms with E-state index < -0.39 is 75.9 Å². The Morgan fingerprint density at radius 2 is 0.844 bits per heavy atom. The van der Waals surface area contributed by atoms with Gasteiger partial charge in [0.15, 0.2) is 17.9 Å². The number of ether oxygens (including phenoxy) is 3.